The molecule has 0 aliphatic rings. The highest BCUT2D eigenvalue weighted by atomic mass is 32.2. The smallest absolute Gasteiger partial charge is 0.142 e. The molecule has 0 saturated heterocycles. The molecule has 0 aromatic heterocycles. The van der Waals surface area contributed by atoms with Crippen LogP contribution in [0.2, 0.25) is 0 Å². The van der Waals surface area contributed by atoms with Gasteiger partial charge in [0.2, 0.25) is 0 Å². The summed E-state index contributed by atoms with van der Waals surface area (Å²) in [5.41, 5.74) is 0. The Morgan fingerprint density at radius 1 is 1.89 bits per heavy atom. The van der Waals surface area contributed by atoms with E-state index < -0.39 is 0 Å². The quantitative estimate of drug-likeness (QED) is 0.596. The van der Waals surface area contributed by atoms with Crippen LogP contribution in [0.25, 0.3) is 0 Å². The van der Waals surface area contributed by atoms with Crippen LogP contribution in [0.5, 0.6) is 0 Å². The van der Waals surface area contributed by atoms with Crippen LogP contribution in [0.15, 0.2) is 0 Å². The summed E-state index contributed by atoms with van der Waals surface area (Å²) in [6.07, 6.45) is 0. The maximum Gasteiger partial charge on any atom is 0.142 e. The number of hydrogen-bond acceptors (Lipinski definition) is 3. The van der Waals surface area contributed by atoms with Gasteiger partial charge in [0.15, 0.2) is 0 Å². The molecule has 0 fully saturated rings. The first-order valence-electron chi connectivity index (χ1n) is 2.67. The van der Waals surface area contributed by atoms with E-state index in [1.807, 2.05) is 13.0 Å². The predicted octanol–water partition coefficient (Wildman–Crippen LogP) is 1.22. The van der Waals surface area contributed by atoms with E-state index in [2.05, 4.69) is 0 Å². The second-order valence-corrected chi connectivity index (χ2v) is 3.05. The highest BCUT2D eigenvalue weighted by Gasteiger charge is 2.05. The van der Waals surface area contributed by atoms with Crippen LogP contribution in [0.1, 0.15) is 13.8 Å². The van der Waals surface area contributed by atoms with Gasteiger partial charge in [-0.15, -0.1) is 11.8 Å². The molecule has 0 radical (unpaired) electrons. The Bertz CT molecular complexity index is 138. The van der Waals surface area contributed by atoms with Crippen LogP contribution < -0.4 is 0 Å². The molecule has 0 heterocycles. The molecular weight excluding hydrogens is 134 g/mol. The molecule has 1 unspecified atom stereocenters. The summed E-state index contributed by atoms with van der Waals surface area (Å²) in [6.45, 7) is 3.35. The van der Waals surface area contributed by atoms with E-state index in [9.17, 15) is 4.79 Å². The van der Waals surface area contributed by atoms with Crippen molar-refractivity contribution in [1.82, 2.24) is 0 Å². The lowest BCUT2D eigenvalue weighted by Gasteiger charge is -2.00. The fourth-order valence-corrected chi connectivity index (χ4v) is 0.839. The lowest BCUT2D eigenvalue weighted by molar-refractivity contribution is -0.116. The third kappa shape index (κ3) is 4.04. The molecular formula is C6H9NOS. The van der Waals surface area contributed by atoms with Gasteiger partial charge in [0.1, 0.15) is 5.78 Å². The van der Waals surface area contributed by atoms with Crippen LogP contribution >= 0.6 is 11.8 Å². The second-order valence-electron chi connectivity index (χ2n) is 1.72. The van der Waals surface area contributed by atoms with Crippen LogP contribution in [-0.2, 0) is 4.79 Å². The van der Waals surface area contributed by atoms with E-state index >= 15 is 0 Å². The Morgan fingerprint density at radius 3 is 2.78 bits per heavy atom. The first-order valence-corrected chi connectivity index (χ1v) is 3.72. The average molecular weight is 143 g/mol. The van der Waals surface area contributed by atoms with E-state index in [1.54, 1.807) is 0 Å². The Balaban J connectivity index is 3.41. The third-order valence-corrected chi connectivity index (χ3v) is 2.10. The molecule has 3 heteroatoms. The second kappa shape index (κ2) is 4.39. The number of carbonyl (C=O) groups excluding carboxylic acids is 1. The van der Waals surface area contributed by atoms with E-state index in [0.717, 1.165) is 0 Å². The van der Waals surface area contributed by atoms with Crippen molar-refractivity contribution in [2.45, 2.75) is 19.1 Å². The molecule has 0 aromatic rings. The molecule has 0 bridgehead atoms. The maximum atomic E-state index is 10.5. The number of nitrogens with zero attached hydrogens (tertiary/aromatic N) is 1. The van der Waals surface area contributed by atoms with Gasteiger partial charge >= 0.3 is 0 Å². The largest absolute Gasteiger partial charge is 0.299 e. The summed E-state index contributed by atoms with van der Waals surface area (Å²) in [6, 6.07) is 1.96. The summed E-state index contributed by atoms with van der Waals surface area (Å²) in [4.78, 5) is 10.5. The van der Waals surface area contributed by atoms with Crippen LogP contribution in [0.4, 0.5) is 0 Å². The molecule has 0 aliphatic carbocycles. The summed E-state index contributed by atoms with van der Waals surface area (Å²) in [5, 5.41) is 8.09. The summed E-state index contributed by atoms with van der Waals surface area (Å²) in [7, 11) is 0. The summed E-state index contributed by atoms with van der Waals surface area (Å²) < 4.78 is 0. The minimum absolute atomic E-state index is 0.0235. The van der Waals surface area contributed by atoms with Gasteiger partial charge in [-0.1, -0.05) is 0 Å². The number of thioether (sulfide) groups is 1. The van der Waals surface area contributed by atoms with Gasteiger partial charge in [0.05, 0.1) is 17.1 Å². The lowest BCUT2D eigenvalue weighted by atomic mass is 10.3. The molecule has 0 spiro atoms. The Hall–Kier alpha value is -0.490. The van der Waals surface area contributed by atoms with Crippen molar-refractivity contribution in [2.75, 3.05) is 5.75 Å². The normalized spacial score (nSPS) is 12.1. The van der Waals surface area contributed by atoms with E-state index in [-0.39, 0.29) is 11.0 Å². The first-order chi connectivity index (χ1) is 4.18. The molecule has 0 N–H and O–H groups in total. The first kappa shape index (κ1) is 8.51. The zero-order chi connectivity index (χ0) is 7.28. The molecule has 9 heavy (non-hydrogen) atoms. The minimum atomic E-state index is -0.0235. The van der Waals surface area contributed by atoms with E-state index in [0.29, 0.717) is 5.75 Å². The topological polar surface area (TPSA) is 40.9 Å². The zero-order valence-electron chi connectivity index (χ0n) is 5.55. The number of hydrogen-bond donors (Lipinski definition) is 0. The van der Waals surface area contributed by atoms with Gasteiger partial charge in [-0.3, -0.25) is 4.79 Å². The molecule has 0 rings (SSSR count). The Kier molecular flexibility index (Phi) is 4.16. The number of nitriles is 1. The summed E-state index contributed by atoms with van der Waals surface area (Å²) in [5.74, 6) is 0.538. The number of Topliss-reactive ketones (excluding diaryl/α,β-unsaturated/α-hetero) is 1. The number of carbonyl (C=O) groups is 1. The molecule has 50 valence electrons. The molecule has 0 aromatic carbocycles. The summed E-state index contributed by atoms with van der Waals surface area (Å²) >= 11 is 1.37. The monoisotopic (exact) mass is 143 g/mol. The van der Waals surface area contributed by atoms with Crippen molar-refractivity contribution in [3.05, 3.63) is 0 Å². The number of ketones is 1. The van der Waals surface area contributed by atoms with Gasteiger partial charge < -0.3 is 0 Å². The fourth-order valence-electron chi connectivity index (χ4n) is 0.280. The predicted molar refractivity (Wildman–Crippen MR) is 38.2 cm³/mol. The maximum absolute atomic E-state index is 10.5. The average Bonchev–Trinajstić information content (AvgIpc) is 1.82. The van der Waals surface area contributed by atoms with Gasteiger partial charge in [0, 0.05) is 0 Å². The fraction of sp³-hybridized carbons (Fsp3) is 0.667. The van der Waals surface area contributed by atoms with Crippen molar-refractivity contribution >= 4 is 17.5 Å². The highest BCUT2D eigenvalue weighted by molar-refractivity contribution is 8.00. The van der Waals surface area contributed by atoms with Gasteiger partial charge in [-0.2, -0.15) is 5.26 Å². The van der Waals surface area contributed by atoms with E-state index in [1.165, 1.54) is 18.7 Å². The SMILES string of the molecule is CC(=O)C(C)SCC#N. The van der Waals surface area contributed by atoms with Gasteiger partial charge in [-0.05, 0) is 13.8 Å². The van der Waals surface area contributed by atoms with Crippen molar-refractivity contribution in [2.24, 2.45) is 0 Å². The van der Waals surface area contributed by atoms with Gasteiger partial charge in [-0.25, -0.2) is 0 Å². The van der Waals surface area contributed by atoms with Crippen molar-refractivity contribution in [3.63, 3.8) is 0 Å². The van der Waals surface area contributed by atoms with Crippen LogP contribution in [0.3, 0.4) is 0 Å². The Labute approximate surface area is 59.2 Å². The standard InChI is InChI=1S/C6H9NOS/c1-5(8)6(2)9-4-3-7/h6H,4H2,1-2H3. The van der Waals surface area contributed by atoms with Crippen LogP contribution in [0, 0.1) is 11.3 Å². The molecule has 1 atom stereocenters. The molecule has 0 aliphatic heterocycles. The lowest BCUT2D eigenvalue weighted by Crippen LogP contribution is -2.08. The highest BCUT2D eigenvalue weighted by Crippen LogP contribution is 2.09. The minimum Gasteiger partial charge on any atom is -0.299 e. The Morgan fingerprint density at radius 2 is 2.44 bits per heavy atom. The molecule has 2 nitrogen and oxygen atoms in total. The van der Waals surface area contributed by atoms with Gasteiger partial charge in [0.25, 0.3) is 0 Å². The third-order valence-electron chi connectivity index (χ3n) is 0.970. The van der Waals surface area contributed by atoms with Crippen LogP contribution in [-0.4, -0.2) is 16.8 Å². The van der Waals surface area contributed by atoms with Crippen molar-refractivity contribution in [1.29, 1.82) is 5.26 Å². The van der Waals surface area contributed by atoms with E-state index in [4.69, 9.17) is 5.26 Å². The zero-order valence-corrected chi connectivity index (χ0v) is 6.36. The molecule has 0 amide bonds. The number of rotatable bonds is 3. The molecule has 0 saturated carbocycles. The van der Waals surface area contributed by atoms with Crippen molar-refractivity contribution < 1.29 is 4.79 Å². The van der Waals surface area contributed by atoms with Crippen molar-refractivity contribution in [3.8, 4) is 6.07 Å².